The Kier molecular flexibility index (Phi) is 3.04. The van der Waals surface area contributed by atoms with Crippen molar-refractivity contribution < 1.29 is 10.1 Å². The molecule has 1 aromatic carbocycles. The summed E-state index contributed by atoms with van der Waals surface area (Å²) in [5.74, 6) is 1.83. The maximum atomic E-state index is 5.13. The summed E-state index contributed by atoms with van der Waals surface area (Å²) in [4.78, 5) is 0. The van der Waals surface area contributed by atoms with Crippen molar-refractivity contribution in [1.29, 1.82) is 0 Å². The van der Waals surface area contributed by atoms with Crippen LogP contribution in [-0.2, 0) is 6.42 Å². The molecular formula is C12H18NO+. The molecule has 1 atom stereocenters. The van der Waals surface area contributed by atoms with Crippen molar-refractivity contribution in [1.82, 2.24) is 0 Å². The summed E-state index contributed by atoms with van der Waals surface area (Å²) in [6, 6.07) is 8.45. The summed E-state index contributed by atoms with van der Waals surface area (Å²) < 4.78 is 5.13. The molecule has 0 aromatic heterocycles. The molecule has 0 unspecified atom stereocenters. The van der Waals surface area contributed by atoms with Gasteiger partial charge in [0.15, 0.2) is 0 Å². The van der Waals surface area contributed by atoms with E-state index in [0.29, 0.717) is 0 Å². The molecule has 0 amide bonds. The largest absolute Gasteiger partial charge is 0.497 e. The fourth-order valence-corrected chi connectivity index (χ4v) is 2.11. The molecule has 1 heterocycles. The zero-order valence-corrected chi connectivity index (χ0v) is 8.70. The van der Waals surface area contributed by atoms with Crippen LogP contribution < -0.4 is 10.1 Å². The molecule has 0 bridgehead atoms. The van der Waals surface area contributed by atoms with Crippen LogP contribution in [0.5, 0.6) is 5.75 Å². The molecule has 14 heavy (non-hydrogen) atoms. The lowest BCUT2D eigenvalue weighted by molar-refractivity contribution is -0.638. The van der Waals surface area contributed by atoms with Crippen LogP contribution in [0.25, 0.3) is 0 Å². The lowest BCUT2D eigenvalue weighted by Crippen LogP contribution is -2.81. The van der Waals surface area contributed by atoms with Crippen LogP contribution >= 0.6 is 0 Å². The summed E-state index contributed by atoms with van der Waals surface area (Å²) in [6.45, 7) is 2.60. The highest BCUT2D eigenvalue weighted by molar-refractivity contribution is 5.27. The fraction of sp³-hybridized carbons (Fsp3) is 0.500. The SMILES string of the molecule is COc1ccc(C[C@H]2CC[NH2+]C2)cc1. The minimum atomic E-state index is 0.878. The minimum Gasteiger partial charge on any atom is -0.497 e. The first-order valence-corrected chi connectivity index (χ1v) is 5.33. The average Bonchev–Trinajstić information content (AvgIpc) is 2.72. The van der Waals surface area contributed by atoms with Crippen LogP contribution in [-0.4, -0.2) is 20.2 Å². The van der Waals surface area contributed by atoms with E-state index in [2.05, 4.69) is 17.4 Å². The topological polar surface area (TPSA) is 25.8 Å². The number of rotatable bonds is 3. The fourth-order valence-electron chi connectivity index (χ4n) is 2.11. The predicted molar refractivity (Wildman–Crippen MR) is 56.5 cm³/mol. The van der Waals surface area contributed by atoms with Crippen molar-refractivity contribution >= 4 is 0 Å². The van der Waals surface area contributed by atoms with Gasteiger partial charge in [0.2, 0.25) is 0 Å². The monoisotopic (exact) mass is 192 g/mol. The molecule has 0 aliphatic carbocycles. The minimum absolute atomic E-state index is 0.878. The van der Waals surface area contributed by atoms with Gasteiger partial charge >= 0.3 is 0 Å². The number of methoxy groups -OCH3 is 1. The summed E-state index contributed by atoms with van der Waals surface area (Å²) in [6.07, 6.45) is 2.59. The van der Waals surface area contributed by atoms with E-state index in [0.717, 1.165) is 11.7 Å². The Morgan fingerprint density at radius 3 is 2.71 bits per heavy atom. The Morgan fingerprint density at radius 2 is 2.14 bits per heavy atom. The van der Waals surface area contributed by atoms with Gasteiger partial charge < -0.3 is 10.1 Å². The molecular weight excluding hydrogens is 174 g/mol. The number of hydrogen-bond donors (Lipinski definition) is 1. The maximum Gasteiger partial charge on any atom is 0.118 e. The molecule has 76 valence electrons. The zero-order valence-electron chi connectivity index (χ0n) is 8.70. The smallest absolute Gasteiger partial charge is 0.118 e. The first-order chi connectivity index (χ1) is 6.88. The highest BCUT2D eigenvalue weighted by Crippen LogP contribution is 2.16. The number of hydrogen-bond acceptors (Lipinski definition) is 1. The van der Waals surface area contributed by atoms with E-state index in [1.807, 2.05) is 12.1 Å². The Balaban J connectivity index is 1.95. The second-order valence-corrected chi connectivity index (χ2v) is 4.02. The number of ether oxygens (including phenoxy) is 1. The Morgan fingerprint density at radius 1 is 1.36 bits per heavy atom. The highest BCUT2D eigenvalue weighted by Gasteiger charge is 2.17. The molecule has 1 fully saturated rings. The summed E-state index contributed by atoms with van der Waals surface area (Å²) in [7, 11) is 1.71. The van der Waals surface area contributed by atoms with Crippen molar-refractivity contribution in [2.75, 3.05) is 20.2 Å². The van der Waals surface area contributed by atoms with E-state index in [9.17, 15) is 0 Å². The summed E-state index contributed by atoms with van der Waals surface area (Å²) in [5, 5.41) is 2.41. The van der Waals surface area contributed by atoms with Crippen LogP contribution in [0.2, 0.25) is 0 Å². The normalized spacial score (nSPS) is 21.1. The maximum absolute atomic E-state index is 5.13. The third-order valence-electron chi connectivity index (χ3n) is 2.96. The molecule has 1 aliphatic rings. The van der Waals surface area contributed by atoms with Gasteiger partial charge in [-0.15, -0.1) is 0 Å². The van der Waals surface area contributed by atoms with E-state index in [-0.39, 0.29) is 0 Å². The quantitative estimate of drug-likeness (QED) is 0.754. The Bertz CT molecular complexity index is 275. The van der Waals surface area contributed by atoms with Crippen molar-refractivity contribution in [2.24, 2.45) is 5.92 Å². The van der Waals surface area contributed by atoms with Crippen LogP contribution in [0.3, 0.4) is 0 Å². The van der Waals surface area contributed by atoms with Crippen molar-refractivity contribution in [3.8, 4) is 5.75 Å². The van der Waals surface area contributed by atoms with Crippen molar-refractivity contribution in [2.45, 2.75) is 12.8 Å². The van der Waals surface area contributed by atoms with Gasteiger partial charge in [-0.3, -0.25) is 0 Å². The molecule has 1 saturated heterocycles. The average molecular weight is 192 g/mol. The van der Waals surface area contributed by atoms with E-state index in [1.54, 1.807) is 7.11 Å². The summed E-state index contributed by atoms with van der Waals surface area (Å²) in [5.41, 5.74) is 1.44. The van der Waals surface area contributed by atoms with Gasteiger partial charge in [-0.05, 0) is 24.1 Å². The first-order valence-electron chi connectivity index (χ1n) is 5.33. The van der Waals surface area contributed by atoms with Crippen LogP contribution in [0.1, 0.15) is 12.0 Å². The Labute approximate surface area is 85.3 Å². The van der Waals surface area contributed by atoms with Gasteiger partial charge in [-0.2, -0.15) is 0 Å². The van der Waals surface area contributed by atoms with Gasteiger partial charge in [-0.25, -0.2) is 0 Å². The zero-order chi connectivity index (χ0) is 9.80. The van der Waals surface area contributed by atoms with Gasteiger partial charge in [-0.1, -0.05) is 12.1 Å². The van der Waals surface area contributed by atoms with E-state index >= 15 is 0 Å². The molecule has 2 rings (SSSR count). The molecule has 1 aliphatic heterocycles. The summed E-state index contributed by atoms with van der Waals surface area (Å²) >= 11 is 0. The molecule has 2 nitrogen and oxygen atoms in total. The molecule has 0 radical (unpaired) electrons. The lowest BCUT2D eigenvalue weighted by Gasteiger charge is -2.06. The van der Waals surface area contributed by atoms with Crippen molar-refractivity contribution in [3.63, 3.8) is 0 Å². The van der Waals surface area contributed by atoms with Gasteiger partial charge in [0.1, 0.15) is 5.75 Å². The standard InChI is InChI=1S/C12H17NO/c1-14-12-4-2-10(3-5-12)8-11-6-7-13-9-11/h2-5,11,13H,6-9H2,1H3/p+1/t11-/m1/s1. The molecule has 1 aromatic rings. The van der Waals surface area contributed by atoms with Crippen LogP contribution in [0.4, 0.5) is 0 Å². The number of quaternary nitrogens is 1. The molecule has 2 heteroatoms. The van der Waals surface area contributed by atoms with E-state index < -0.39 is 0 Å². The first kappa shape index (κ1) is 9.53. The van der Waals surface area contributed by atoms with E-state index in [1.165, 1.54) is 31.5 Å². The predicted octanol–water partition coefficient (Wildman–Crippen LogP) is 0.821. The van der Waals surface area contributed by atoms with Crippen LogP contribution in [0.15, 0.2) is 24.3 Å². The molecule has 0 saturated carbocycles. The van der Waals surface area contributed by atoms with Crippen molar-refractivity contribution in [3.05, 3.63) is 29.8 Å². The Hall–Kier alpha value is -1.02. The third-order valence-corrected chi connectivity index (χ3v) is 2.96. The number of nitrogens with two attached hydrogens (primary N) is 1. The van der Waals surface area contributed by atoms with E-state index in [4.69, 9.17) is 4.74 Å². The third kappa shape index (κ3) is 2.26. The number of benzene rings is 1. The highest BCUT2D eigenvalue weighted by atomic mass is 16.5. The second kappa shape index (κ2) is 4.47. The lowest BCUT2D eigenvalue weighted by atomic mass is 9.99. The van der Waals surface area contributed by atoms with Gasteiger partial charge in [0.25, 0.3) is 0 Å². The van der Waals surface area contributed by atoms with Gasteiger partial charge in [0, 0.05) is 12.3 Å². The second-order valence-electron chi connectivity index (χ2n) is 4.02. The van der Waals surface area contributed by atoms with Gasteiger partial charge in [0.05, 0.1) is 20.2 Å². The molecule has 0 spiro atoms. The molecule has 2 N–H and O–H groups in total. The van der Waals surface area contributed by atoms with Crippen LogP contribution in [0, 0.1) is 5.92 Å².